The first kappa shape index (κ1) is 19.3. The molecule has 0 atom stereocenters. The summed E-state index contributed by atoms with van der Waals surface area (Å²) in [5, 5.41) is 4.37. The van der Waals surface area contributed by atoms with Crippen LogP contribution in [0, 0.1) is 0 Å². The van der Waals surface area contributed by atoms with Crippen LogP contribution in [0.5, 0.6) is 5.75 Å². The van der Waals surface area contributed by atoms with Gasteiger partial charge in [0.15, 0.2) is 0 Å². The van der Waals surface area contributed by atoms with Crippen molar-refractivity contribution in [2.24, 2.45) is 0 Å². The molecule has 5 nitrogen and oxygen atoms in total. The number of carbonyl (C=O) groups excluding carboxylic acids is 2. The lowest BCUT2D eigenvalue weighted by atomic mass is 10.1. The highest BCUT2D eigenvalue weighted by Crippen LogP contribution is 2.34. The van der Waals surface area contributed by atoms with Crippen LogP contribution in [0.25, 0.3) is 0 Å². The second-order valence-electron chi connectivity index (χ2n) is 5.35. The Morgan fingerprint density at radius 2 is 1.77 bits per heavy atom. The van der Waals surface area contributed by atoms with Crippen molar-refractivity contribution in [3.05, 3.63) is 59.7 Å². The maximum absolute atomic E-state index is 12.9. The Morgan fingerprint density at radius 1 is 1.04 bits per heavy atom. The van der Waals surface area contributed by atoms with Crippen LogP contribution in [0.3, 0.4) is 0 Å². The Bertz CT molecular complexity index is 791. The van der Waals surface area contributed by atoms with E-state index in [1.54, 1.807) is 18.2 Å². The maximum atomic E-state index is 12.9. The van der Waals surface area contributed by atoms with Crippen LogP contribution in [-0.2, 0) is 22.2 Å². The lowest BCUT2D eigenvalue weighted by Crippen LogP contribution is -2.36. The number of carbonyl (C=O) groups is 2. The van der Waals surface area contributed by atoms with Crippen LogP contribution in [-0.4, -0.2) is 25.5 Å². The van der Waals surface area contributed by atoms with Crippen molar-refractivity contribution in [2.75, 3.05) is 19.0 Å². The third kappa shape index (κ3) is 5.23. The zero-order valence-corrected chi connectivity index (χ0v) is 13.9. The van der Waals surface area contributed by atoms with Gasteiger partial charge >= 0.3 is 18.0 Å². The average Bonchev–Trinajstić information content (AvgIpc) is 2.61. The van der Waals surface area contributed by atoms with Gasteiger partial charge in [0.25, 0.3) is 0 Å². The summed E-state index contributed by atoms with van der Waals surface area (Å²) in [4.78, 5) is 23.6. The molecule has 0 saturated carbocycles. The van der Waals surface area contributed by atoms with Gasteiger partial charge in [-0.25, -0.2) is 0 Å². The molecule has 0 aliphatic carbocycles. The van der Waals surface area contributed by atoms with Gasteiger partial charge in [-0.2, -0.15) is 13.2 Å². The van der Waals surface area contributed by atoms with Gasteiger partial charge in [-0.15, -0.1) is 0 Å². The quantitative estimate of drug-likeness (QED) is 0.800. The van der Waals surface area contributed by atoms with Gasteiger partial charge in [0.1, 0.15) is 5.75 Å². The summed E-state index contributed by atoms with van der Waals surface area (Å²) in [6.07, 6.45) is -4.19. The molecule has 138 valence electrons. The number of methoxy groups -OCH3 is 1. The van der Waals surface area contributed by atoms with E-state index in [-0.39, 0.29) is 6.54 Å². The van der Waals surface area contributed by atoms with Crippen LogP contribution in [0.4, 0.5) is 18.9 Å². The second kappa shape index (κ2) is 8.37. The molecule has 26 heavy (non-hydrogen) atoms. The number of halogens is 3. The minimum atomic E-state index is -4.63. The molecular formula is C18H17F3N2O3. The summed E-state index contributed by atoms with van der Waals surface area (Å²) in [7, 11) is 1.53. The van der Waals surface area contributed by atoms with E-state index in [0.717, 1.165) is 17.7 Å². The molecule has 2 rings (SSSR count). The summed E-state index contributed by atoms with van der Waals surface area (Å²) in [5.41, 5.74) is -0.599. The largest absolute Gasteiger partial charge is 0.497 e. The van der Waals surface area contributed by atoms with E-state index in [0.29, 0.717) is 12.2 Å². The van der Waals surface area contributed by atoms with E-state index in [4.69, 9.17) is 4.74 Å². The molecule has 0 unspecified atom stereocenters. The summed E-state index contributed by atoms with van der Waals surface area (Å²) < 4.78 is 43.8. The molecular weight excluding hydrogens is 349 g/mol. The van der Waals surface area contributed by atoms with E-state index in [9.17, 15) is 22.8 Å². The zero-order valence-electron chi connectivity index (χ0n) is 13.9. The van der Waals surface area contributed by atoms with Gasteiger partial charge in [0.2, 0.25) is 0 Å². The number of rotatable bonds is 5. The van der Waals surface area contributed by atoms with Gasteiger partial charge in [-0.05, 0) is 36.2 Å². The van der Waals surface area contributed by atoms with Crippen molar-refractivity contribution >= 4 is 17.5 Å². The fourth-order valence-corrected chi connectivity index (χ4v) is 2.25. The molecule has 0 radical (unpaired) electrons. The molecule has 2 amide bonds. The fraction of sp³-hybridized carbons (Fsp3) is 0.222. The van der Waals surface area contributed by atoms with Crippen molar-refractivity contribution in [3.8, 4) is 5.75 Å². The van der Waals surface area contributed by atoms with Crippen molar-refractivity contribution < 1.29 is 27.5 Å². The van der Waals surface area contributed by atoms with Crippen LogP contribution >= 0.6 is 0 Å². The molecule has 2 aromatic carbocycles. The molecule has 0 aromatic heterocycles. The number of ether oxygens (including phenoxy) is 1. The highest BCUT2D eigenvalue weighted by molar-refractivity contribution is 6.39. The predicted molar refractivity (Wildman–Crippen MR) is 89.8 cm³/mol. The first-order valence-electron chi connectivity index (χ1n) is 7.69. The zero-order chi connectivity index (χ0) is 19.2. The SMILES string of the molecule is COc1cccc(CCNC(=O)C(=O)Nc2ccccc2C(F)(F)F)c1. The minimum Gasteiger partial charge on any atom is -0.497 e. The molecule has 2 N–H and O–H groups in total. The van der Waals surface area contributed by atoms with E-state index in [1.807, 2.05) is 11.4 Å². The van der Waals surface area contributed by atoms with Gasteiger partial charge in [0.05, 0.1) is 18.4 Å². The average molecular weight is 366 g/mol. The summed E-state index contributed by atoms with van der Waals surface area (Å²) >= 11 is 0. The first-order valence-corrected chi connectivity index (χ1v) is 7.69. The lowest BCUT2D eigenvalue weighted by Gasteiger charge is -2.13. The summed E-state index contributed by atoms with van der Waals surface area (Å²) in [6, 6.07) is 11.6. The third-order valence-electron chi connectivity index (χ3n) is 3.52. The Kier molecular flexibility index (Phi) is 6.21. The highest BCUT2D eigenvalue weighted by atomic mass is 19.4. The number of nitrogens with one attached hydrogen (secondary N) is 2. The third-order valence-corrected chi connectivity index (χ3v) is 3.52. The molecule has 8 heteroatoms. The number of para-hydroxylation sites is 1. The first-order chi connectivity index (χ1) is 12.3. The molecule has 0 spiro atoms. The maximum Gasteiger partial charge on any atom is 0.418 e. The predicted octanol–water partition coefficient (Wildman–Crippen LogP) is 3.01. The second-order valence-corrected chi connectivity index (χ2v) is 5.35. The molecule has 0 fully saturated rings. The number of benzene rings is 2. The smallest absolute Gasteiger partial charge is 0.418 e. The fourth-order valence-electron chi connectivity index (χ4n) is 2.25. The minimum absolute atomic E-state index is 0.153. The Morgan fingerprint density at radius 3 is 2.46 bits per heavy atom. The van der Waals surface area contributed by atoms with Gasteiger partial charge in [-0.3, -0.25) is 9.59 Å². The molecule has 0 bridgehead atoms. The number of amides is 2. The van der Waals surface area contributed by atoms with Crippen LogP contribution in [0.1, 0.15) is 11.1 Å². The topological polar surface area (TPSA) is 67.4 Å². The number of hydrogen-bond donors (Lipinski definition) is 2. The van der Waals surface area contributed by atoms with Gasteiger partial charge in [0, 0.05) is 6.54 Å². The standard InChI is InChI=1S/C18H17F3N2O3/c1-26-13-6-4-5-12(11-13)9-10-22-16(24)17(25)23-15-8-3-2-7-14(15)18(19,20)21/h2-8,11H,9-10H2,1H3,(H,22,24)(H,23,25). The van der Waals surface area contributed by atoms with Gasteiger partial charge < -0.3 is 15.4 Å². The summed E-state index contributed by atoms with van der Waals surface area (Å²) in [6.45, 7) is 0.153. The van der Waals surface area contributed by atoms with E-state index >= 15 is 0 Å². The van der Waals surface area contributed by atoms with Crippen molar-refractivity contribution in [3.63, 3.8) is 0 Å². The number of alkyl halides is 3. The number of hydrogen-bond acceptors (Lipinski definition) is 3. The Hall–Kier alpha value is -3.03. The highest BCUT2D eigenvalue weighted by Gasteiger charge is 2.33. The van der Waals surface area contributed by atoms with E-state index in [2.05, 4.69) is 5.32 Å². The van der Waals surface area contributed by atoms with Gasteiger partial charge in [-0.1, -0.05) is 24.3 Å². The molecule has 0 aliphatic rings. The van der Waals surface area contributed by atoms with Crippen molar-refractivity contribution in [1.82, 2.24) is 5.32 Å². The van der Waals surface area contributed by atoms with Crippen LogP contribution in [0.2, 0.25) is 0 Å². The lowest BCUT2D eigenvalue weighted by molar-refractivity contribution is -0.138. The molecule has 2 aromatic rings. The Labute approximate surface area is 148 Å². The molecule has 0 aliphatic heterocycles. The Balaban J connectivity index is 1.91. The number of anilines is 1. The van der Waals surface area contributed by atoms with Crippen molar-refractivity contribution in [2.45, 2.75) is 12.6 Å². The normalized spacial score (nSPS) is 10.9. The van der Waals surface area contributed by atoms with E-state index in [1.165, 1.54) is 19.2 Å². The molecule has 0 saturated heterocycles. The monoisotopic (exact) mass is 366 g/mol. The van der Waals surface area contributed by atoms with Crippen LogP contribution < -0.4 is 15.4 Å². The van der Waals surface area contributed by atoms with Crippen molar-refractivity contribution in [1.29, 1.82) is 0 Å². The van der Waals surface area contributed by atoms with E-state index < -0.39 is 29.2 Å². The van der Waals surface area contributed by atoms with Crippen LogP contribution in [0.15, 0.2) is 48.5 Å². The molecule has 0 heterocycles. The summed E-state index contributed by atoms with van der Waals surface area (Å²) in [5.74, 6) is -1.51.